The lowest BCUT2D eigenvalue weighted by molar-refractivity contribution is 0.165. The molecule has 148 valence electrons. The topological polar surface area (TPSA) is 54.3 Å². The normalized spacial score (nSPS) is 19.0. The molecule has 0 amide bonds. The first kappa shape index (κ1) is 18.5. The van der Waals surface area contributed by atoms with E-state index in [2.05, 4.69) is 48.9 Å². The van der Waals surface area contributed by atoms with E-state index in [1.165, 1.54) is 11.1 Å². The zero-order chi connectivity index (χ0) is 20.0. The molecule has 1 saturated heterocycles. The highest BCUT2D eigenvalue weighted by Crippen LogP contribution is 2.35. The third kappa shape index (κ3) is 3.38. The fraction of sp³-hybridized carbons (Fsp3) is 0.318. The Bertz CT molecular complexity index is 1110. The maximum atomic E-state index is 12.7. The van der Waals surface area contributed by atoms with Gasteiger partial charge in [-0.25, -0.2) is 4.98 Å². The number of rotatable bonds is 2. The Morgan fingerprint density at radius 2 is 1.90 bits per heavy atom. The third-order valence-electron chi connectivity index (χ3n) is 6.00. The van der Waals surface area contributed by atoms with Crippen molar-refractivity contribution in [3.63, 3.8) is 0 Å². The smallest absolute Gasteiger partial charge is 0.255 e. The Morgan fingerprint density at radius 1 is 1.07 bits per heavy atom. The Balaban J connectivity index is 1.53. The number of benzene rings is 1. The molecule has 0 aliphatic carbocycles. The number of aromatic nitrogens is 3. The maximum Gasteiger partial charge on any atom is 0.255 e. The molecule has 0 N–H and O–H groups in total. The molecule has 5 rings (SSSR count). The highest BCUT2D eigenvalue weighted by Gasteiger charge is 2.34. The van der Waals surface area contributed by atoms with Crippen molar-refractivity contribution in [3.8, 4) is 11.3 Å². The van der Waals surface area contributed by atoms with Gasteiger partial charge in [-0.2, -0.15) is 0 Å². The highest BCUT2D eigenvalue weighted by atomic mass is 79.9. The van der Waals surface area contributed by atoms with Crippen LogP contribution in [-0.4, -0.2) is 45.6 Å². The van der Waals surface area contributed by atoms with Gasteiger partial charge in [0.25, 0.3) is 5.56 Å². The summed E-state index contributed by atoms with van der Waals surface area (Å²) in [7, 11) is 1.80. The first-order valence-electron chi connectivity index (χ1n) is 9.86. The summed E-state index contributed by atoms with van der Waals surface area (Å²) in [5.74, 6) is 0.728. The number of hydrogen-bond donors (Lipinski definition) is 0. The van der Waals surface area contributed by atoms with Crippen LogP contribution >= 0.6 is 15.9 Å². The molecule has 0 spiro atoms. The van der Waals surface area contributed by atoms with Crippen LogP contribution in [0.25, 0.3) is 11.3 Å². The number of hydrogen-bond acceptors (Lipinski definition) is 5. The van der Waals surface area contributed by atoms with Crippen molar-refractivity contribution in [1.29, 1.82) is 0 Å². The lowest BCUT2D eigenvalue weighted by Gasteiger charge is -2.45. The molecule has 2 aliphatic rings. The average molecular weight is 452 g/mol. The standard InChI is InChI=1S/C22H22BrN5O/c1-26-21(29)13-19(16-4-7-24-8-5-16)25-22(26)28-11-10-27-9-6-15-2-3-17(23)12-18(15)20(27)14-28/h2-5,7-8,12-13,20H,6,9-11,14H2,1H3. The van der Waals surface area contributed by atoms with Gasteiger partial charge in [0.15, 0.2) is 0 Å². The zero-order valence-corrected chi connectivity index (χ0v) is 17.8. The van der Waals surface area contributed by atoms with Gasteiger partial charge in [0.05, 0.1) is 11.7 Å². The molecule has 29 heavy (non-hydrogen) atoms. The number of anilines is 1. The molecule has 2 aromatic heterocycles. The summed E-state index contributed by atoms with van der Waals surface area (Å²) in [4.78, 5) is 26.4. The van der Waals surface area contributed by atoms with Gasteiger partial charge in [0.1, 0.15) is 0 Å². The van der Waals surface area contributed by atoms with E-state index in [1.807, 2.05) is 12.1 Å². The molecule has 4 heterocycles. The van der Waals surface area contributed by atoms with Gasteiger partial charge in [0.2, 0.25) is 5.95 Å². The van der Waals surface area contributed by atoms with Crippen LogP contribution in [0.5, 0.6) is 0 Å². The first-order chi connectivity index (χ1) is 14.1. The molecule has 6 nitrogen and oxygen atoms in total. The highest BCUT2D eigenvalue weighted by molar-refractivity contribution is 9.10. The number of nitrogens with zero attached hydrogens (tertiary/aromatic N) is 5. The minimum absolute atomic E-state index is 0.0453. The van der Waals surface area contributed by atoms with Crippen LogP contribution in [0.15, 0.2) is 58.1 Å². The van der Waals surface area contributed by atoms with Gasteiger partial charge in [-0.15, -0.1) is 0 Å². The lowest BCUT2D eigenvalue weighted by Crippen LogP contribution is -2.52. The number of fused-ring (bicyclic) bond motifs is 3. The van der Waals surface area contributed by atoms with E-state index in [-0.39, 0.29) is 5.56 Å². The van der Waals surface area contributed by atoms with E-state index >= 15 is 0 Å². The van der Waals surface area contributed by atoms with E-state index in [0.717, 1.165) is 48.6 Å². The summed E-state index contributed by atoms with van der Waals surface area (Å²) >= 11 is 3.63. The monoisotopic (exact) mass is 451 g/mol. The number of piperazine rings is 1. The Labute approximate surface area is 178 Å². The predicted octanol–water partition coefficient (Wildman–Crippen LogP) is 3.02. The zero-order valence-electron chi connectivity index (χ0n) is 16.3. The number of pyridine rings is 1. The average Bonchev–Trinajstić information content (AvgIpc) is 2.75. The summed E-state index contributed by atoms with van der Waals surface area (Å²) in [5.41, 5.74) is 4.36. The second kappa shape index (κ2) is 7.39. The van der Waals surface area contributed by atoms with E-state index in [0.29, 0.717) is 11.7 Å². The quantitative estimate of drug-likeness (QED) is 0.599. The Morgan fingerprint density at radius 3 is 2.72 bits per heavy atom. The van der Waals surface area contributed by atoms with Crippen LogP contribution in [-0.2, 0) is 13.5 Å². The van der Waals surface area contributed by atoms with E-state index < -0.39 is 0 Å². The summed E-state index contributed by atoms with van der Waals surface area (Å²) in [6.45, 7) is 3.73. The van der Waals surface area contributed by atoms with Gasteiger partial charge in [-0.1, -0.05) is 22.0 Å². The van der Waals surface area contributed by atoms with Crippen molar-refractivity contribution in [2.24, 2.45) is 7.05 Å². The van der Waals surface area contributed by atoms with Gasteiger partial charge >= 0.3 is 0 Å². The van der Waals surface area contributed by atoms with Crippen LogP contribution < -0.4 is 10.5 Å². The minimum atomic E-state index is -0.0453. The fourth-order valence-corrected chi connectivity index (χ4v) is 4.79. The molecule has 1 unspecified atom stereocenters. The van der Waals surface area contributed by atoms with Crippen molar-refractivity contribution in [2.75, 3.05) is 31.1 Å². The summed E-state index contributed by atoms with van der Waals surface area (Å²) < 4.78 is 2.77. The van der Waals surface area contributed by atoms with Crippen molar-refractivity contribution < 1.29 is 0 Å². The van der Waals surface area contributed by atoms with Crippen LogP contribution in [0.2, 0.25) is 0 Å². The van der Waals surface area contributed by atoms with Crippen molar-refractivity contribution >= 4 is 21.9 Å². The van der Waals surface area contributed by atoms with Gasteiger partial charge in [-0.05, 0) is 41.8 Å². The lowest BCUT2D eigenvalue weighted by atomic mass is 9.91. The van der Waals surface area contributed by atoms with Crippen LogP contribution in [0.1, 0.15) is 17.2 Å². The first-order valence-corrected chi connectivity index (χ1v) is 10.7. The molecule has 1 atom stereocenters. The molecular weight excluding hydrogens is 430 g/mol. The van der Waals surface area contributed by atoms with Crippen LogP contribution in [0.3, 0.4) is 0 Å². The SMILES string of the molecule is Cn1c(N2CCN3CCc4ccc(Br)cc4C3C2)nc(-c2ccncc2)cc1=O. The molecule has 1 fully saturated rings. The van der Waals surface area contributed by atoms with Crippen molar-refractivity contribution in [1.82, 2.24) is 19.4 Å². The molecule has 3 aromatic rings. The Hall–Kier alpha value is -2.51. The second-order valence-corrected chi connectivity index (χ2v) is 8.58. The maximum absolute atomic E-state index is 12.7. The predicted molar refractivity (Wildman–Crippen MR) is 117 cm³/mol. The molecule has 7 heteroatoms. The Kier molecular flexibility index (Phi) is 4.72. The minimum Gasteiger partial charge on any atom is -0.339 e. The molecule has 2 aliphatic heterocycles. The fourth-order valence-electron chi connectivity index (χ4n) is 4.41. The number of halogens is 1. The van der Waals surface area contributed by atoms with Crippen LogP contribution in [0, 0.1) is 0 Å². The second-order valence-electron chi connectivity index (χ2n) is 7.67. The molecular formula is C22H22BrN5O. The third-order valence-corrected chi connectivity index (χ3v) is 6.49. The largest absolute Gasteiger partial charge is 0.339 e. The van der Waals surface area contributed by atoms with Gasteiger partial charge in [0, 0.05) is 61.7 Å². The summed E-state index contributed by atoms with van der Waals surface area (Å²) in [5, 5.41) is 0. The molecule has 1 aromatic carbocycles. The van der Waals surface area contributed by atoms with Crippen molar-refractivity contribution in [3.05, 3.63) is 74.7 Å². The summed E-state index contributed by atoms with van der Waals surface area (Å²) in [6, 6.07) is 12.3. The van der Waals surface area contributed by atoms with E-state index in [4.69, 9.17) is 4.98 Å². The van der Waals surface area contributed by atoms with E-state index in [1.54, 1.807) is 30.1 Å². The molecule has 0 saturated carbocycles. The summed E-state index contributed by atoms with van der Waals surface area (Å²) in [6.07, 6.45) is 4.54. The molecule has 0 bridgehead atoms. The van der Waals surface area contributed by atoms with E-state index in [9.17, 15) is 4.79 Å². The van der Waals surface area contributed by atoms with Crippen molar-refractivity contribution in [2.45, 2.75) is 12.5 Å². The molecule has 0 radical (unpaired) electrons. The van der Waals surface area contributed by atoms with Gasteiger partial charge < -0.3 is 4.90 Å². The van der Waals surface area contributed by atoms with Gasteiger partial charge in [-0.3, -0.25) is 19.2 Å². The van der Waals surface area contributed by atoms with Crippen LogP contribution in [0.4, 0.5) is 5.95 Å².